The predicted octanol–water partition coefficient (Wildman–Crippen LogP) is 1.96. The lowest BCUT2D eigenvalue weighted by Crippen LogP contribution is -2.44. The molecule has 0 aromatic heterocycles. The number of likely N-dealkylation sites (tertiary alicyclic amines) is 1. The van der Waals surface area contributed by atoms with E-state index in [1.807, 2.05) is 4.90 Å². The number of hydrogen-bond acceptors (Lipinski definition) is 2. The molecule has 16 heavy (non-hydrogen) atoms. The van der Waals surface area contributed by atoms with Crippen LogP contribution in [0.15, 0.2) is 0 Å². The van der Waals surface area contributed by atoms with E-state index in [2.05, 4.69) is 12.2 Å². The average Bonchev–Trinajstić information content (AvgIpc) is 2.93. The van der Waals surface area contributed by atoms with Crippen LogP contribution in [0, 0.1) is 11.8 Å². The minimum Gasteiger partial charge on any atom is -0.314 e. The van der Waals surface area contributed by atoms with Crippen LogP contribution in [-0.4, -0.2) is 43.5 Å². The van der Waals surface area contributed by atoms with E-state index in [0.717, 1.165) is 44.3 Å². The van der Waals surface area contributed by atoms with Crippen LogP contribution in [0.2, 0.25) is 0 Å². The van der Waals surface area contributed by atoms with Crippen molar-refractivity contribution in [2.45, 2.75) is 38.7 Å². The highest BCUT2D eigenvalue weighted by Crippen LogP contribution is 2.36. The Morgan fingerprint density at radius 1 is 1.31 bits per heavy atom. The van der Waals surface area contributed by atoms with E-state index in [0.29, 0.717) is 6.04 Å². The fraction of sp³-hybridized carbons (Fsp3) is 1.00. The summed E-state index contributed by atoms with van der Waals surface area (Å²) in [5.41, 5.74) is 0. The molecule has 0 aromatic carbocycles. The Morgan fingerprint density at radius 3 is 2.44 bits per heavy atom. The first-order chi connectivity index (χ1) is 7.65. The molecule has 1 saturated heterocycles. The van der Waals surface area contributed by atoms with Crippen molar-refractivity contribution < 1.29 is 8.78 Å². The predicted molar refractivity (Wildman–Crippen MR) is 60.7 cm³/mol. The summed E-state index contributed by atoms with van der Waals surface area (Å²) in [6.07, 6.45) is 1.22. The molecule has 1 aliphatic carbocycles. The van der Waals surface area contributed by atoms with Crippen molar-refractivity contribution in [1.29, 1.82) is 0 Å². The first-order valence-corrected chi connectivity index (χ1v) is 6.39. The molecule has 2 nitrogen and oxygen atoms in total. The van der Waals surface area contributed by atoms with Gasteiger partial charge >= 0.3 is 0 Å². The Labute approximate surface area is 96.4 Å². The van der Waals surface area contributed by atoms with Gasteiger partial charge in [-0.3, -0.25) is 4.90 Å². The molecule has 2 aliphatic rings. The van der Waals surface area contributed by atoms with Crippen molar-refractivity contribution >= 4 is 0 Å². The maximum Gasteiger partial charge on any atom is 0.251 e. The van der Waals surface area contributed by atoms with Gasteiger partial charge in [-0.1, -0.05) is 6.92 Å². The summed E-state index contributed by atoms with van der Waals surface area (Å²) in [5, 5.41) is 3.57. The number of nitrogens with zero attached hydrogens (tertiary/aromatic N) is 1. The van der Waals surface area contributed by atoms with Crippen molar-refractivity contribution in [1.82, 2.24) is 10.2 Å². The zero-order valence-corrected chi connectivity index (χ0v) is 9.96. The maximum atomic E-state index is 12.2. The third-order valence-electron chi connectivity index (χ3n) is 3.93. The van der Waals surface area contributed by atoms with Gasteiger partial charge in [-0.2, -0.15) is 0 Å². The Kier molecular flexibility index (Phi) is 4.14. The standard InChI is InChI=1S/C12H22F2N2/c1-9-6-10(9)7-15-11-2-4-16(5-3-11)8-12(13)14/h9-12,15H,2-8H2,1H3. The molecular formula is C12H22F2N2. The summed E-state index contributed by atoms with van der Waals surface area (Å²) >= 11 is 0. The molecule has 0 aromatic rings. The highest BCUT2D eigenvalue weighted by atomic mass is 19.3. The minimum absolute atomic E-state index is 0.0492. The maximum absolute atomic E-state index is 12.2. The Bertz CT molecular complexity index is 215. The SMILES string of the molecule is CC1CC1CNC1CCN(CC(F)F)CC1. The van der Waals surface area contributed by atoms with E-state index in [-0.39, 0.29) is 6.54 Å². The van der Waals surface area contributed by atoms with Crippen LogP contribution in [0.25, 0.3) is 0 Å². The van der Waals surface area contributed by atoms with E-state index in [9.17, 15) is 8.78 Å². The zero-order chi connectivity index (χ0) is 11.5. The molecule has 0 bridgehead atoms. The van der Waals surface area contributed by atoms with Gasteiger partial charge in [-0.15, -0.1) is 0 Å². The number of alkyl halides is 2. The van der Waals surface area contributed by atoms with Crippen molar-refractivity contribution in [3.8, 4) is 0 Å². The molecule has 2 unspecified atom stereocenters. The van der Waals surface area contributed by atoms with Gasteiger partial charge < -0.3 is 5.32 Å². The van der Waals surface area contributed by atoms with Crippen molar-refractivity contribution in [3.63, 3.8) is 0 Å². The van der Waals surface area contributed by atoms with E-state index in [1.54, 1.807) is 0 Å². The summed E-state index contributed by atoms with van der Waals surface area (Å²) in [7, 11) is 0. The first-order valence-electron chi connectivity index (χ1n) is 6.39. The largest absolute Gasteiger partial charge is 0.314 e. The van der Waals surface area contributed by atoms with Gasteiger partial charge in [0.25, 0.3) is 6.43 Å². The number of nitrogens with one attached hydrogen (secondary N) is 1. The molecular weight excluding hydrogens is 210 g/mol. The van der Waals surface area contributed by atoms with Crippen molar-refractivity contribution in [2.24, 2.45) is 11.8 Å². The fourth-order valence-corrected chi connectivity index (χ4v) is 2.52. The highest BCUT2D eigenvalue weighted by molar-refractivity contribution is 4.86. The van der Waals surface area contributed by atoms with Gasteiger partial charge in [-0.25, -0.2) is 8.78 Å². The molecule has 1 N–H and O–H groups in total. The lowest BCUT2D eigenvalue weighted by atomic mass is 10.0. The van der Waals surface area contributed by atoms with Crippen LogP contribution in [0.1, 0.15) is 26.2 Å². The fourth-order valence-electron chi connectivity index (χ4n) is 2.52. The molecule has 0 spiro atoms. The quantitative estimate of drug-likeness (QED) is 0.779. The van der Waals surface area contributed by atoms with E-state index < -0.39 is 6.43 Å². The van der Waals surface area contributed by atoms with Gasteiger partial charge in [0.2, 0.25) is 0 Å². The second kappa shape index (κ2) is 5.41. The van der Waals surface area contributed by atoms with Gasteiger partial charge in [0.05, 0.1) is 6.54 Å². The average molecular weight is 232 g/mol. The van der Waals surface area contributed by atoms with E-state index in [1.165, 1.54) is 6.42 Å². The molecule has 2 atom stereocenters. The number of halogens is 2. The van der Waals surface area contributed by atoms with E-state index in [4.69, 9.17) is 0 Å². The van der Waals surface area contributed by atoms with Crippen LogP contribution >= 0.6 is 0 Å². The van der Waals surface area contributed by atoms with Crippen LogP contribution in [0.5, 0.6) is 0 Å². The van der Waals surface area contributed by atoms with Crippen LogP contribution in [0.4, 0.5) is 8.78 Å². The summed E-state index contributed by atoms with van der Waals surface area (Å²) in [6, 6.07) is 0.557. The normalized spacial score (nSPS) is 32.2. The Balaban J connectivity index is 1.57. The second-order valence-corrected chi connectivity index (χ2v) is 5.35. The van der Waals surface area contributed by atoms with Crippen molar-refractivity contribution in [3.05, 3.63) is 0 Å². The smallest absolute Gasteiger partial charge is 0.251 e. The Hall–Kier alpha value is -0.220. The highest BCUT2D eigenvalue weighted by Gasteiger charge is 2.32. The van der Waals surface area contributed by atoms with Crippen LogP contribution in [-0.2, 0) is 0 Å². The van der Waals surface area contributed by atoms with Gasteiger partial charge in [0, 0.05) is 6.04 Å². The molecule has 2 rings (SSSR count). The lowest BCUT2D eigenvalue weighted by Gasteiger charge is -2.32. The molecule has 2 fully saturated rings. The molecule has 0 amide bonds. The topological polar surface area (TPSA) is 15.3 Å². The molecule has 94 valence electrons. The molecule has 0 radical (unpaired) electrons. The number of rotatable bonds is 5. The van der Waals surface area contributed by atoms with Gasteiger partial charge in [0.1, 0.15) is 0 Å². The Morgan fingerprint density at radius 2 is 1.94 bits per heavy atom. The summed E-state index contributed by atoms with van der Waals surface area (Å²) in [4.78, 5) is 1.88. The molecule has 4 heteroatoms. The van der Waals surface area contributed by atoms with Gasteiger partial charge in [-0.05, 0) is 50.7 Å². The minimum atomic E-state index is -2.18. The van der Waals surface area contributed by atoms with Crippen LogP contribution < -0.4 is 5.32 Å². The molecule has 1 aliphatic heterocycles. The summed E-state index contributed by atoms with van der Waals surface area (Å²) < 4.78 is 24.3. The monoisotopic (exact) mass is 232 g/mol. The number of piperidine rings is 1. The number of hydrogen-bond donors (Lipinski definition) is 1. The van der Waals surface area contributed by atoms with Crippen LogP contribution in [0.3, 0.4) is 0 Å². The summed E-state index contributed by atoms with van der Waals surface area (Å²) in [5.74, 6) is 1.77. The third-order valence-corrected chi connectivity index (χ3v) is 3.93. The first kappa shape index (κ1) is 12.2. The summed E-state index contributed by atoms with van der Waals surface area (Å²) in [6.45, 7) is 5.01. The van der Waals surface area contributed by atoms with Crippen molar-refractivity contribution in [2.75, 3.05) is 26.2 Å². The lowest BCUT2D eigenvalue weighted by molar-refractivity contribution is 0.0730. The van der Waals surface area contributed by atoms with Gasteiger partial charge in [0.15, 0.2) is 0 Å². The second-order valence-electron chi connectivity index (χ2n) is 5.35. The zero-order valence-electron chi connectivity index (χ0n) is 9.96. The third kappa shape index (κ3) is 3.67. The molecule has 1 saturated carbocycles. The molecule has 1 heterocycles. The van der Waals surface area contributed by atoms with E-state index >= 15 is 0 Å².